The van der Waals surface area contributed by atoms with Gasteiger partial charge in [0.05, 0.1) is 17.2 Å². The third-order valence-corrected chi connectivity index (χ3v) is 3.78. The zero-order valence-corrected chi connectivity index (χ0v) is 12.4. The molecule has 1 unspecified atom stereocenters. The molecular formula is C15H14Cl2FNO. The van der Waals surface area contributed by atoms with E-state index in [4.69, 9.17) is 33.7 Å². The monoisotopic (exact) mass is 313 g/mol. The molecule has 0 bridgehead atoms. The maximum Gasteiger partial charge on any atom is 0.165 e. The minimum Gasteiger partial charge on any atom is -0.494 e. The molecule has 2 nitrogen and oxygen atoms in total. The van der Waals surface area contributed by atoms with Crippen LogP contribution in [0.5, 0.6) is 5.75 Å². The van der Waals surface area contributed by atoms with Gasteiger partial charge in [0.1, 0.15) is 0 Å². The number of rotatable bonds is 4. The van der Waals surface area contributed by atoms with E-state index in [2.05, 4.69) is 0 Å². The van der Waals surface area contributed by atoms with Gasteiger partial charge < -0.3 is 10.5 Å². The fraction of sp³-hybridized carbons (Fsp3) is 0.200. The normalized spacial score (nSPS) is 12.2. The van der Waals surface area contributed by atoms with Gasteiger partial charge in [-0.3, -0.25) is 0 Å². The molecule has 0 radical (unpaired) electrons. The van der Waals surface area contributed by atoms with Crippen molar-refractivity contribution in [2.75, 3.05) is 7.11 Å². The van der Waals surface area contributed by atoms with E-state index in [0.717, 1.165) is 11.1 Å². The first-order valence-electron chi connectivity index (χ1n) is 6.04. The molecule has 0 saturated carbocycles. The van der Waals surface area contributed by atoms with E-state index in [0.29, 0.717) is 16.5 Å². The number of halogens is 3. The Morgan fingerprint density at radius 1 is 1.15 bits per heavy atom. The Bertz CT molecular complexity index is 619. The molecule has 1 atom stereocenters. The Kier molecular flexibility index (Phi) is 4.86. The highest BCUT2D eigenvalue weighted by Gasteiger charge is 2.11. The van der Waals surface area contributed by atoms with E-state index in [9.17, 15) is 4.39 Å². The van der Waals surface area contributed by atoms with Gasteiger partial charge in [0, 0.05) is 6.04 Å². The molecule has 0 fully saturated rings. The molecule has 0 aromatic heterocycles. The third-order valence-electron chi connectivity index (χ3n) is 3.04. The Morgan fingerprint density at radius 2 is 1.90 bits per heavy atom. The van der Waals surface area contributed by atoms with Crippen LogP contribution in [0.15, 0.2) is 36.4 Å². The van der Waals surface area contributed by atoms with Gasteiger partial charge in [-0.1, -0.05) is 35.3 Å². The van der Waals surface area contributed by atoms with E-state index in [-0.39, 0.29) is 11.8 Å². The fourth-order valence-electron chi connectivity index (χ4n) is 1.95. The van der Waals surface area contributed by atoms with E-state index in [1.165, 1.54) is 13.2 Å². The van der Waals surface area contributed by atoms with Crippen molar-refractivity contribution in [1.29, 1.82) is 0 Å². The molecule has 0 aliphatic carbocycles. The molecule has 2 rings (SSSR count). The molecular weight excluding hydrogens is 300 g/mol. The smallest absolute Gasteiger partial charge is 0.165 e. The molecule has 106 valence electrons. The van der Waals surface area contributed by atoms with Crippen LogP contribution < -0.4 is 10.5 Å². The highest BCUT2D eigenvalue weighted by Crippen LogP contribution is 2.27. The van der Waals surface area contributed by atoms with Gasteiger partial charge in [0.25, 0.3) is 0 Å². The molecule has 2 aromatic rings. The second-order valence-corrected chi connectivity index (χ2v) is 5.27. The lowest BCUT2D eigenvalue weighted by atomic mass is 9.99. The molecule has 0 spiro atoms. The van der Waals surface area contributed by atoms with Crippen LogP contribution in [0, 0.1) is 5.82 Å². The zero-order valence-electron chi connectivity index (χ0n) is 10.9. The summed E-state index contributed by atoms with van der Waals surface area (Å²) < 4.78 is 18.3. The van der Waals surface area contributed by atoms with Crippen molar-refractivity contribution in [2.45, 2.75) is 12.5 Å². The van der Waals surface area contributed by atoms with Crippen LogP contribution in [0.1, 0.15) is 17.2 Å². The van der Waals surface area contributed by atoms with Crippen molar-refractivity contribution in [3.63, 3.8) is 0 Å². The standard InChI is InChI=1S/C15H14Cl2FNO/c1-20-15-8-10(3-5-13(15)18)14(19)7-9-2-4-11(16)12(17)6-9/h2-6,8,14H,7,19H2,1H3. The topological polar surface area (TPSA) is 35.2 Å². The predicted molar refractivity (Wildman–Crippen MR) is 80.0 cm³/mol. The lowest BCUT2D eigenvalue weighted by Gasteiger charge is -2.14. The first kappa shape index (κ1) is 15.1. The van der Waals surface area contributed by atoms with Gasteiger partial charge in [-0.25, -0.2) is 4.39 Å². The van der Waals surface area contributed by atoms with Gasteiger partial charge in [-0.2, -0.15) is 0 Å². The summed E-state index contributed by atoms with van der Waals surface area (Å²) in [7, 11) is 1.42. The molecule has 0 heterocycles. The largest absolute Gasteiger partial charge is 0.494 e. The van der Waals surface area contributed by atoms with Crippen LogP contribution in [0.2, 0.25) is 10.0 Å². The number of benzene rings is 2. The van der Waals surface area contributed by atoms with Crippen molar-refractivity contribution in [3.8, 4) is 5.75 Å². The van der Waals surface area contributed by atoms with Gasteiger partial charge >= 0.3 is 0 Å². The van der Waals surface area contributed by atoms with E-state index < -0.39 is 5.82 Å². The summed E-state index contributed by atoms with van der Waals surface area (Å²) in [4.78, 5) is 0. The minimum absolute atomic E-state index is 0.187. The molecule has 5 heteroatoms. The zero-order chi connectivity index (χ0) is 14.7. The molecule has 2 aromatic carbocycles. The number of methoxy groups -OCH3 is 1. The van der Waals surface area contributed by atoms with Crippen molar-refractivity contribution in [3.05, 3.63) is 63.4 Å². The average Bonchev–Trinajstić information content (AvgIpc) is 2.43. The van der Waals surface area contributed by atoms with E-state index in [1.54, 1.807) is 24.3 Å². The molecule has 20 heavy (non-hydrogen) atoms. The summed E-state index contributed by atoms with van der Waals surface area (Å²) in [5, 5.41) is 1.00. The third kappa shape index (κ3) is 3.42. The number of hydrogen-bond acceptors (Lipinski definition) is 2. The predicted octanol–water partition coefficient (Wildman–Crippen LogP) is 4.38. The summed E-state index contributed by atoms with van der Waals surface area (Å²) in [5.41, 5.74) is 7.90. The van der Waals surface area contributed by atoms with E-state index >= 15 is 0 Å². The maximum atomic E-state index is 13.4. The Labute approximate surface area is 127 Å². The Morgan fingerprint density at radius 3 is 2.55 bits per heavy atom. The summed E-state index contributed by atoms with van der Waals surface area (Å²) in [6.07, 6.45) is 0.575. The summed E-state index contributed by atoms with van der Waals surface area (Å²) in [6, 6.07) is 9.72. The van der Waals surface area contributed by atoms with E-state index in [1.807, 2.05) is 6.07 Å². The summed E-state index contributed by atoms with van der Waals surface area (Å²) in [6.45, 7) is 0. The molecule has 0 aliphatic heterocycles. The lowest BCUT2D eigenvalue weighted by molar-refractivity contribution is 0.385. The number of nitrogens with two attached hydrogens (primary N) is 1. The van der Waals surface area contributed by atoms with Crippen LogP contribution in [0.3, 0.4) is 0 Å². The first-order chi connectivity index (χ1) is 9.51. The van der Waals surface area contributed by atoms with Crippen LogP contribution in [0.25, 0.3) is 0 Å². The van der Waals surface area contributed by atoms with Gasteiger partial charge in [-0.15, -0.1) is 0 Å². The highest BCUT2D eigenvalue weighted by atomic mass is 35.5. The summed E-state index contributed by atoms with van der Waals surface area (Å²) in [5.74, 6) is -0.218. The molecule has 0 saturated heterocycles. The number of ether oxygens (including phenoxy) is 1. The Balaban J connectivity index is 2.19. The van der Waals surface area contributed by atoms with Crippen molar-refractivity contribution in [1.82, 2.24) is 0 Å². The maximum absolute atomic E-state index is 13.4. The second-order valence-electron chi connectivity index (χ2n) is 4.45. The lowest BCUT2D eigenvalue weighted by Crippen LogP contribution is -2.13. The van der Waals surface area contributed by atoms with Gasteiger partial charge in [-0.05, 0) is 41.8 Å². The highest BCUT2D eigenvalue weighted by molar-refractivity contribution is 6.42. The molecule has 0 amide bonds. The number of hydrogen-bond donors (Lipinski definition) is 1. The van der Waals surface area contributed by atoms with Crippen LogP contribution in [0.4, 0.5) is 4.39 Å². The quantitative estimate of drug-likeness (QED) is 0.909. The van der Waals surface area contributed by atoms with Crippen molar-refractivity contribution in [2.24, 2.45) is 5.73 Å². The van der Waals surface area contributed by atoms with Crippen molar-refractivity contribution >= 4 is 23.2 Å². The first-order valence-corrected chi connectivity index (χ1v) is 6.80. The minimum atomic E-state index is -0.405. The van der Waals surface area contributed by atoms with Crippen LogP contribution >= 0.6 is 23.2 Å². The van der Waals surface area contributed by atoms with Crippen molar-refractivity contribution < 1.29 is 9.13 Å². The van der Waals surface area contributed by atoms with Crippen LogP contribution in [-0.2, 0) is 6.42 Å². The SMILES string of the molecule is COc1cc(C(N)Cc2ccc(Cl)c(Cl)c2)ccc1F. The molecule has 2 N–H and O–H groups in total. The van der Waals surface area contributed by atoms with Gasteiger partial charge in [0.15, 0.2) is 11.6 Å². The Hall–Kier alpha value is -1.29. The summed E-state index contributed by atoms with van der Waals surface area (Å²) >= 11 is 11.8. The molecule has 0 aliphatic rings. The average molecular weight is 314 g/mol. The van der Waals surface area contributed by atoms with Crippen LogP contribution in [-0.4, -0.2) is 7.11 Å². The second kappa shape index (κ2) is 6.44. The fourth-order valence-corrected chi connectivity index (χ4v) is 2.27. The van der Waals surface area contributed by atoms with Gasteiger partial charge in [0.2, 0.25) is 0 Å².